The van der Waals surface area contributed by atoms with E-state index in [4.69, 9.17) is 4.74 Å². The van der Waals surface area contributed by atoms with E-state index in [2.05, 4.69) is 0 Å². The standard InChI is InChI=1S/C19H22O4/c1-18(2)13-9-14(19(3,17(18)22)10-15(13)20)16(21)23-11-12-7-5-4-6-8-12/h4-8,13-14H,9-11H2,1-3H3. The van der Waals surface area contributed by atoms with E-state index in [-0.39, 0.29) is 36.5 Å². The van der Waals surface area contributed by atoms with Gasteiger partial charge in [0.2, 0.25) is 0 Å². The Morgan fingerprint density at radius 2 is 1.83 bits per heavy atom. The summed E-state index contributed by atoms with van der Waals surface area (Å²) >= 11 is 0. The summed E-state index contributed by atoms with van der Waals surface area (Å²) < 4.78 is 5.43. The molecular weight excluding hydrogens is 292 g/mol. The highest BCUT2D eigenvalue weighted by molar-refractivity contribution is 6.06. The SMILES string of the molecule is CC1(C)C(=O)C2(C)CC(=O)C1CC2C(=O)OCc1ccccc1. The second-order valence-corrected chi connectivity index (χ2v) is 7.55. The van der Waals surface area contributed by atoms with Crippen LogP contribution in [-0.2, 0) is 25.7 Å². The van der Waals surface area contributed by atoms with Gasteiger partial charge in [0.05, 0.1) is 5.92 Å². The highest BCUT2D eigenvalue weighted by Gasteiger charge is 2.64. The van der Waals surface area contributed by atoms with Gasteiger partial charge in [-0.25, -0.2) is 0 Å². The number of rotatable bonds is 3. The Labute approximate surface area is 136 Å². The summed E-state index contributed by atoms with van der Waals surface area (Å²) in [6, 6.07) is 9.45. The van der Waals surface area contributed by atoms with Gasteiger partial charge in [0, 0.05) is 23.2 Å². The predicted molar refractivity (Wildman–Crippen MR) is 84.4 cm³/mol. The molecule has 3 atom stereocenters. The summed E-state index contributed by atoms with van der Waals surface area (Å²) in [5, 5.41) is 0. The molecule has 0 N–H and O–H groups in total. The van der Waals surface area contributed by atoms with Gasteiger partial charge in [0.1, 0.15) is 18.2 Å². The molecule has 122 valence electrons. The van der Waals surface area contributed by atoms with Gasteiger partial charge in [-0.05, 0) is 12.0 Å². The predicted octanol–water partition coefficient (Wildman–Crippen LogP) is 2.94. The van der Waals surface area contributed by atoms with Gasteiger partial charge in [-0.3, -0.25) is 14.4 Å². The molecule has 4 rings (SSSR count). The van der Waals surface area contributed by atoms with Crippen LogP contribution >= 0.6 is 0 Å². The lowest BCUT2D eigenvalue weighted by atomic mass is 9.46. The van der Waals surface area contributed by atoms with Crippen LogP contribution in [0.1, 0.15) is 39.2 Å². The van der Waals surface area contributed by atoms with Crippen molar-refractivity contribution in [3.63, 3.8) is 0 Å². The number of carbonyl (C=O) groups excluding carboxylic acids is 3. The number of Topliss-reactive ketones (excluding diaryl/α,β-unsaturated/α-hetero) is 2. The van der Waals surface area contributed by atoms with E-state index in [0.29, 0.717) is 6.42 Å². The maximum absolute atomic E-state index is 12.8. The van der Waals surface area contributed by atoms with Gasteiger partial charge in [0.25, 0.3) is 0 Å². The molecule has 3 unspecified atom stereocenters. The summed E-state index contributed by atoms with van der Waals surface area (Å²) in [4.78, 5) is 37.6. The van der Waals surface area contributed by atoms with Crippen LogP contribution in [0.15, 0.2) is 30.3 Å². The van der Waals surface area contributed by atoms with Gasteiger partial charge in [-0.1, -0.05) is 51.1 Å². The Balaban J connectivity index is 1.78. The molecule has 3 aliphatic rings. The summed E-state index contributed by atoms with van der Waals surface area (Å²) in [6.07, 6.45) is 0.576. The van der Waals surface area contributed by atoms with Crippen molar-refractivity contribution in [3.8, 4) is 0 Å². The zero-order valence-corrected chi connectivity index (χ0v) is 13.8. The summed E-state index contributed by atoms with van der Waals surface area (Å²) in [7, 11) is 0. The topological polar surface area (TPSA) is 60.4 Å². The van der Waals surface area contributed by atoms with Gasteiger partial charge >= 0.3 is 5.97 Å². The molecule has 0 spiro atoms. The van der Waals surface area contributed by atoms with Crippen molar-refractivity contribution in [2.75, 3.05) is 0 Å². The van der Waals surface area contributed by atoms with Crippen molar-refractivity contribution in [2.24, 2.45) is 22.7 Å². The molecule has 0 heterocycles. The number of benzene rings is 1. The minimum Gasteiger partial charge on any atom is -0.461 e. The molecule has 0 amide bonds. The van der Waals surface area contributed by atoms with Crippen LogP contribution in [0.4, 0.5) is 0 Å². The quantitative estimate of drug-likeness (QED) is 0.805. The van der Waals surface area contributed by atoms with Crippen LogP contribution in [0, 0.1) is 22.7 Å². The van der Waals surface area contributed by atoms with E-state index in [1.165, 1.54) is 0 Å². The Bertz CT molecular complexity index is 661. The minimum absolute atomic E-state index is 0.0162. The Kier molecular flexibility index (Phi) is 3.66. The molecule has 1 aromatic rings. The largest absolute Gasteiger partial charge is 0.461 e. The van der Waals surface area contributed by atoms with Gasteiger partial charge in [0.15, 0.2) is 0 Å². The monoisotopic (exact) mass is 314 g/mol. The van der Waals surface area contributed by atoms with Crippen molar-refractivity contribution in [1.82, 2.24) is 0 Å². The Hall–Kier alpha value is -1.97. The summed E-state index contributed by atoms with van der Waals surface area (Å²) in [5.74, 6) is -1.13. The molecule has 0 aliphatic heterocycles. The summed E-state index contributed by atoms with van der Waals surface area (Å²) in [6.45, 7) is 5.59. The number of hydrogen-bond acceptors (Lipinski definition) is 4. The average molecular weight is 314 g/mol. The van der Waals surface area contributed by atoms with Crippen LogP contribution in [0.25, 0.3) is 0 Å². The first-order chi connectivity index (χ1) is 10.8. The molecule has 2 bridgehead atoms. The zero-order valence-electron chi connectivity index (χ0n) is 13.8. The normalized spacial score (nSPS) is 32.0. The van der Waals surface area contributed by atoms with Crippen molar-refractivity contribution in [1.29, 1.82) is 0 Å². The van der Waals surface area contributed by atoms with Gasteiger partial charge < -0.3 is 4.74 Å². The number of hydrogen-bond donors (Lipinski definition) is 0. The molecule has 3 fully saturated rings. The van der Waals surface area contributed by atoms with E-state index in [1.54, 1.807) is 6.92 Å². The van der Waals surface area contributed by atoms with Gasteiger partial charge in [-0.15, -0.1) is 0 Å². The zero-order chi connectivity index (χ0) is 16.8. The third kappa shape index (κ3) is 2.41. The highest BCUT2D eigenvalue weighted by atomic mass is 16.5. The summed E-state index contributed by atoms with van der Waals surface area (Å²) in [5.41, 5.74) is -0.696. The average Bonchev–Trinajstić information content (AvgIpc) is 2.51. The fourth-order valence-corrected chi connectivity index (χ4v) is 4.25. The van der Waals surface area contributed by atoms with Crippen molar-refractivity contribution < 1.29 is 19.1 Å². The van der Waals surface area contributed by atoms with Gasteiger partial charge in [-0.2, -0.15) is 0 Å². The van der Waals surface area contributed by atoms with E-state index in [9.17, 15) is 14.4 Å². The first-order valence-corrected chi connectivity index (χ1v) is 8.05. The molecule has 23 heavy (non-hydrogen) atoms. The Morgan fingerprint density at radius 3 is 2.48 bits per heavy atom. The number of esters is 1. The third-order valence-corrected chi connectivity index (χ3v) is 5.65. The minimum atomic E-state index is -0.927. The van der Waals surface area contributed by atoms with Crippen LogP contribution in [0.2, 0.25) is 0 Å². The molecule has 0 saturated heterocycles. The maximum atomic E-state index is 12.8. The molecule has 1 aromatic carbocycles. The second-order valence-electron chi connectivity index (χ2n) is 7.55. The van der Waals surface area contributed by atoms with Crippen molar-refractivity contribution in [2.45, 2.75) is 40.2 Å². The molecular formula is C19H22O4. The first-order valence-electron chi connectivity index (χ1n) is 8.05. The number of ketones is 2. The van der Waals surface area contributed by atoms with Crippen LogP contribution in [-0.4, -0.2) is 17.5 Å². The van der Waals surface area contributed by atoms with E-state index < -0.39 is 16.7 Å². The molecule has 3 aliphatic carbocycles. The van der Waals surface area contributed by atoms with Crippen LogP contribution in [0.3, 0.4) is 0 Å². The fraction of sp³-hybridized carbons (Fsp3) is 0.526. The number of ether oxygens (including phenoxy) is 1. The molecule has 0 aromatic heterocycles. The van der Waals surface area contributed by atoms with Crippen LogP contribution in [0.5, 0.6) is 0 Å². The van der Waals surface area contributed by atoms with E-state index >= 15 is 0 Å². The molecule has 4 heteroatoms. The fourth-order valence-electron chi connectivity index (χ4n) is 4.25. The maximum Gasteiger partial charge on any atom is 0.310 e. The molecule has 0 radical (unpaired) electrons. The van der Waals surface area contributed by atoms with E-state index in [1.807, 2.05) is 44.2 Å². The van der Waals surface area contributed by atoms with Crippen molar-refractivity contribution >= 4 is 17.5 Å². The lowest BCUT2D eigenvalue weighted by Crippen LogP contribution is -2.62. The third-order valence-electron chi connectivity index (χ3n) is 5.65. The van der Waals surface area contributed by atoms with E-state index in [0.717, 1.165) is 5.56 Å². The van der Waals surface area contributed by atoms with Crippen LogP contribution < -0.4 is 0 Å². The number of fused-ring (bicyclic) bond motifs is 3. The first kappa shape index (κ1) is 15.9. The smallest absolute Gasteiger partial charge is 0.310 e. The Morgan fingerprint density at radius 1 is 1.17 bits per heavy atom. The van der Waals surface area contributed by atoms with Crippen molar-refractivity contribution in [3.05, 3.63) is 35.9 Å². The highest BCUT2D eigenvalue weighted by Crippen LogP contribution is 2.57. The molecule has 3 saturated carbocycles. The number of carbonyl (C=O) groups is 3. The lowest BCUT2D eigenvalue weighted by molar-refractivity contribution is -0.180. The molecule has 4 nitrogen and oxygen atoms in total. The second kappa shape index (κ2) is 5.29. The lowest BCUT2D eigenvalue weighted by Gasteiger charge is -2.54.